The molecule has 2 heterocycles. The van der Waals surface area contributed by atoms with Gasteiger partial charge in [-0.15, -0.1) is 0 Å². The Balaban J connectivity index is 1.56. The predicted octanol–water partition coefficient (Wildman–Crippen LogP) is 6.64. The van der Waals surface area contributed by atoms with E-state index in [1.54, 1.807) is 0 Å². The molecule has 4 atom stereocenters. The van der Waals surface area contributed by atoms with Gasteiger partial charge in [0.05, 0.1) is 12.2 Å². The zero-order valence-electron chi connectivity index (χ0n) is 21.5. The molecule has 1 aromatic heterocycles. The number of nitrogens with one attached hydrogen (secondary N) is 2. The van der Waals surface area contributed by atoms with Gasteiger partial charge in [0, 0.05) is 36.3 Å². The average Bonchev–Trinajstić information content (AvgIpc) is 3.15. The zero-order chi connectivity index (χ0) is 29.9. The van der Waals surface area contributed by atoms with Crippen LogP contribution in [0.4, 0.5) is 38.3 Å². The standard InChI is InChI=1S/C26H28F8N4O2S/c27-17-11-16(12-35-14-17)23(24(39)37-18-7-9-26(28,29)10-8-18)38(25(40)22-21-6-1-15(21)13-36-22)19-2-4-20(5-3-19)41(30,31,32,33)34/h2-5,11-12,14-15,18,21-23,36H,1,6-10,13H2,(H,37,39)/t15?,21-,22+,23?/m0/s1. The van der Waals surface area contributed by atoms with Crippen LogP contribution in [0, 0.1) is 17.7 Å². The van der Waals surface area contributed by atoms with Crippen molar-refractivity contribution in [1.29, 1.82) is 0 Å². The molecule has 2 aromatic rings. The molecule has 1 saturated heterocycles. The van der Waals surface area contributed by atoms with Gasteiger partial charge in [-0.3, -0.25) is 19.5 Å². The summed E-state index contributed by atoms with van der Waals surface area (Å²) >= 11 is 0. The van der Waals surface area contributed by atoms with Gasteiger partial charge in [0.15, 0.2) is 0 Å². The normalized spacial score (nSPS) is 26.6. The van der Waals surface area contributed by atoms with Crippen LogP contribution in [-0.4, -0.2) is 41.3 Å². The highest BCUT2D eigenvalue weighted by atomic mass is 32.5. The van der Waals surface area contributed by atoms with Crippen LogP contribution in [0.5, 0.6) is 0 Å². The molecule has 3 aliphatic rings. The van der Waals surface area contributed by atoms with E-state index in [1.807, 2.05) is 0 Å². The number of pyridine rings is 1. The largest absolute Gasteiger partial charge is 0.351 e. The van der Waals surface area contributed by atoms with E-state index in [0.29, 0.717) is 25.1 Å². The van der Waals surface area contributed by atoms with Crippen molar-refractivity contribution in [3.05, 3.63) is 54.1 Å². The molecule has 5 rings (SSSR count). The first-order chi connectivity index (χ1) is 18.9. The van der Waals surface area contributed by atoms with Gasteiger partial charge < -0.3 is 10.6 Å². The number of carbonyl (C=O) groups is 2. The van der Waals surface area contributed by atoms with E-state index in [-0.39, 0.29) is 48.1 Å². The molecule has 2 aliphatic carbocycles. The van der Waals surface area contributed by atoms with Gasteiger partial charge in [-0.1, -0.05) is 19.4 Å². The summed E-state index contributed by atoms with van der Waals surface area (Å²) < 4.78 is 109. The summed E-state index contributed by atoms with van der Waals surface area (Å²) in [6.07, 6.45) is 2.34. The number of aromatic nitrogens is 1. The van der Waals surface area contributed by atoms with Crippen LogP contribution >= 0.6 is 10.2 Å². The molecule has 6 nitrogen and oxygen atoms in total. The lowest BCUT2D eigenvalue weighted by atomic mass is 9.72. The van der Waals surface area contributed by atoms with Crippen molar-refractivity contribution in [3.8, 4) is 0 Å². The SMILES string of the molecule is O=C(NC1CCC(F)(F)CC1)C(c1cncc(F)c1)N(C(=O)[C@@H]1NCC2CC[C@@H]21)c1ccc(S(F)(F)(F)(F)F)cc1. The minimum Gasteiger partial charge on any atom is -0.351 e. The van der Waals surface area contributed by atoms with E-state index in [4.69, 9.17) is 0 Å². The second-order valence-electron chi connectivity index (χ2n) is 11.0. The molecule has 2 N–H and O–H groups in total. The van der Waals surface area contributed by atoms with E-state index < -0.39 is 69.6 Å². The first-order valence-electron chi connectivity index (χ1n) is 13.1. The molecule has 15 heteroatoms. The third kappa shape index (κ3) is 6.30. The molecule has 3 fully saturated rings. The third-order valence-corrected chi connectivity index (χ3v) is 9.34. The second-order valence-corrected chi connectivity index (χ2v) is 13.4. The summed E-state index contributed by atoms with van der Waals surface area (Å²) in [5.41, 5.74) is -0.457. The van der Waals surface area contributed by atoms with Crippen molar-refractivity contribution in [1.82, 2.24) is 15.6 Å². The molecule has 0 bridgehead atoms. The van der Waals surface area contributed by atoms with Crippen LogP contribution in [0.25, 0.3) is 0 Å². The third-order valence-electron chi connectivity index (χ3n) is 8.18. The Bertz CT molecular complexity index is 1330. The highest BCUT2D eigenvalue weighted by Crippen LogP contribution is 3.02. The highest BCUT2D eigenvalue weighted by Gasteiger charge is 2.65. The van der Waals surface area contributed by atoms with E-state index in [0.717, 1.165) is 29.8 Å². The zero-order valence-corrected chi connectivity index (χ0v) is 22.3. The van der Waals surface area contributed by atoms with Crippen LogP contribution in [0.3, 0.4) is 0 Å². The molecule has 0 radical (unpaired) electrons. The van der Waals surface area contributed by atoms with E-state index in [2.05, 4.69) is 15.6 Å². The molecular formula is C26H28F8N4O2S. The number of amides is 2. The first-order valence-corrected chi connectivity index (χ1v) is 15.1. The Morgan fingerprint density at radius 3 is 2.20 bits per heavy atom. The number of halogens is 8. The van der Waals surface area contributed by atoms with Gasteiger partial charge >= 0.3 is 10.2 Å². The van der Waals surface area contributed by atoms with E-state index in [1.165, 1.54) is 0 Å². The number of rotatable bonds is 7. The fraction of sp³-hybridized carbons (Fsp3) is 0.500. The van der Waals surface area contributed by atoms with Crippen molar-refractivity contribution >= 4 is 27.7 Å². The Labute approximate surface area is 230 Å². The Morgan fingerprint density at radius 2 is 1.66 bits per heavy atom. The fourth-order valence-electron chi connectivity index (χ4n) is 5.86. The fourth-order valence-corrected chi connectivity index (χ4v) is 6.52. The number of fused-ring (bicyclic) bond motifs is 1. The molecule has 1 aromatic carbocycles. The minimum absolute atomic E-state index is 0.0760. The van der Waals surface area contributed by atoms with E-state index in [9.17, 15) is 42.2 Å². The molecule has 0 spiro atoms. The van der Waals surface area contributed by atoms with Gasteiger partial charge in [0.25, 0.3) is 0 Å². The lowest BCUT2D eigenvalue weighted by Gasteiger charge is -2.41. The smallest absolute Gasteiger partial charge is 0.310 e. The highest BCUT2D eigenvalue weighted by molar-refractivity contribution is 8.45. The van der Waals surface area contributed by atoms with Crippen LogP contribution in [0.15, 0.2) is 47.6 Å². The number of hydrogen-bond acceptors (Lipinski definition) is 4. The summed E-state index contributed by atoms with van der Waals surface area (Å²) in [5, 5.41) is 5.69. The maximum atomic E-state index is 14.3. The average molecular weight is 613 g/mol. The number of anilines is 1. The number of alkyl halides is 2. The summed E-state index contributed by atoms with van der Waals surface area (Å²) in [7, 11) is -10.1. The Hall–Kier alpha value is -2.94. The summed E-state index contributed by atoms with van der Waals surface area (Å²) in [4.78, 5) is 30.2. The summed E-state index contributed by atoms with van der Waals surface area (Å²) in [5.74, 6) is -5.35. The maximum absolute atomic E-state index is 14.3. The molecule has 41 heavy (non-hydrogen) atoms. The Morgan fingerprint density at radius 1 is 1.00 bits per heavy atom. The van der Waals surface area contributed by atoms with Crippen molar-refractivity contribution in [2.45, 2.75) is 67.5 Å². The molecule has 1 aliphatic heterocycles. The lowest BCUT2D eigenvalue weighted by Crippen LogP contribution is -2.53. The van der Waals surface area contributed by atoms with Crippen molar-refractivity contribution in [2.75, 3.05) is 11.4 Å². The topological polar surface area (TPSA) is 74.3 Å². The first kappa shape index (κ1) is 29.5. The monoisotopic (exact) mass is 612 g/mol. The molecule has 2 unspecified atom stereocenters. The molecule has 2 saturated carbocycles. The van der Waals surface area contributed by atoms with Crippen molar-refractivity contribution in [3.63, 3.8) is 0 Å². The van der Waals surface area contributed by atoms with Gasteiger partial charge in [0.1, 0.15) is 16.8 Å². The molecular weight excluding hydrogens is 584 g/mol. The van der Waals surface area contributed by atoms with Gasteiger partial charge in [-0.05, 0) is 74.4 Å². The number of nitrogens with zero attached hydrogens (tertiary/aromatic N) is 2. The number of carbonyl (C=O) groups excluding carboxylic acids is 2. The van der Waals surface area contributed by atoms with Gasteiger partial charge in [0.2, 0.25) is 17.7 Å². The van der Waals surface area contributed by atoms with E-state index >= 15 is 0 Å². The van der Waals surface area contributed by atoms with Crippen molar-refractivity contribution < 1.29 is 42.2 Å². The predicted molar refractivity (Wildman–Crippen MR) is 136 cm³/mol. The van der Waals surface area contributed by atoms with Gasteiger partial charge in [-0.25, -0.2) is 13.2 Å². The Kier molecular flexibility index (Phi) is 6.88. The second kappa shape index (κ2) is 9.54. The summed E-state index contributed by atoms with van der Waals surface area (Å²) in [6.45, 7) is 0.493. The van der Waals surface area contributed by atoms with Crippen LogP contribution < -0.4 is 15.5 Å². The van der Waals surface area contributed by atoms with Crippen LogP contribution in [0.2, 0.25) is 0 Å². The summed E-state index contributed by atoms with van der Waals surface area (Å²) in [6, 6.07) is -0.739. The minimum atomic E-state index is -10.1. The molecule has 2 amide bonds. The van der Waals surface area contributed by atoms with Gasteiger partial charge in [-0.2, -0.15) is 0 Å². The number of benzene rings is 1. The maximum Gasteiger partial charge on any atom is 0.310 e. The van der Waals surface area contributed by atoms with Crippen LogP contribution in [0.1, 0.15) is 50.1 Å². The number of hydrogen-bond donors (Lipinski definition) is 2. The lowest BCUT2D eigenvalue weighted by molar-refractivity contribution is -0.129. The molecule has 226 valence electrons. The van der Waals surface area contributed by atoms with Crippen LogP contribution in [-0.2, 0) is 9.59 Å². The quantitative estimate of drug-likeness (QED) is 0.344. The van der Waals surface area contributed by atoms with Crippen molar-refractivity contribution in [2.24, 2.45) is 11.8 Å².